The van der Waals surface area contributed by atoms with Crippen LogP contribution in [0.4, 0.5) is 5.95 Å². The van der Waals surface area contributed by atoms with Crippen LogP contribution in [0.2, 0.25) is 0 Å². The van der Waals surface area contributed by atoms with E-state index in [9.17, 15) is 0 Å². The highest BCUT2D eigenvalue weighted by Crippen LogP contribution is 2.11. The van der Waals surface area contributed by atoms with Crippen LogP contribution in [0.1, 0.15) is 32.3 Å². The molecule has 1 aromatic rings. The van der Waals surface area contributed by atoms with Gasteiger partial charge in [0.2, 0.25) is 5.95 Å². The second kappa shape index (κ2) is 8.17. The molecule has 1 fully saturated rings. The summed E-state index contributed by atoms with van der Waals surface area (Å²) in [6.07, 6.45) is 6.28. The minimum absolute atomic E-state index is 0.860. The predicted molar refractivity (Wildman–Crippen MR) is 83.0 cm³/mol. The average Bonchev–Trinajstić information content (AvgIpc) is 2.49. The Balaban J connectivity index is 1.81. The minimum atomic E-state index is 0.860. The molecule has 5 nitrogen and oxygen atoms in total. The van der Waals surface area contributed by atoms with Crippen molar-refractivity contribution in [2.24, 2.45) is 0 Å². The molecule has 1 saturated heterocycles. The average molecular weight is 277 g/mol. The largest absolute Gasteiger partial charge is 0.338 e. The molecule has 0 amide bonds. The quantitative estimate of drug-likeness (QED) is 0.765. The fraction of sp³-hybridized carbons (Fsp3) is 0.733. The first-order valence-corrected chi connectivity index (χ1v) is 7.82. The molecule has 20 heavy (non-hydrogen) atoms. The van der Waals surface area contributed by atoms with Crippen molar-refractivity contribution in [1.29, 1.82) is 0 Å². The standard InChI is InChI=1S/C15H27N5/c1-3-5-16-11-14-12-17-15(18-13-14)20-9-7-19(6-4-2)8-10-20/h12-13,16H,3-11H2,1-2H3. The molecule has 112 valence electrons. The summed E-state index contributed by atoms with van der Waals surface area (Å²) < 4.78 is 0. The number of nitrogens with one attached hydrogen (secondary N) is 1. The molecule has 0 radical (unpaired) electrons. The Morgan fingerprint density at radius 3 is 2.35 bits per heavy atom. The van der Waals surface area contributed by atoms with E-state index < -0.39 is 0 Å². The molecule has 0 saturated carbocycles. The van der Waals surface area contributed by atoms with Crippen LogP contribution in [-0.4, -0.2) is 54.1 Å². The highest BCUT2D eigenvalue weighted by molar-refractivity contribution is 5.30. The lowest BCUT2D eigenvalue weighted by Gasteiger charge is -2.34. The number of piperazine rings is 1. The Hall–Kier alpha value is -1.20. The Bertz CT molecular complexity index is 370. The third-order valence-electron chi connectivity index (χ3n) is 3.64. The monoisotopic (exact) mass is 277 g/mol. The molecule has 0 aliphatic carbocycles. The molecule has 1 aliphatic heterocycles. The van der Waals surface area contributed by atoms with Crippen molar-refractivity contribution in [2.75, 3.05) is 44.2 Å². The third kappa shape index (κ3) is 4.42. The Labute approximate surface area is 122 Å². The zero-order valence-corrected chi connectivity index (χ0v) is 12.8. The van der Waals surface area contributed by atoms with Crippen molar-refractivity contribution in [3.63, 3.8) is 0 Å². The maximum atomic E-state index is 4.51. The molecule has 0 unspecified atom stereocenters. The van der Waals surface area contributed by atoms with Crippen molar-refractivity contribution in [1.82, 2.24) is 20.2 Å². The van der Waals surface area contributed by atoms with Gasteiger partial charge in [-0.2, -0.15) is 0 Å². The first-order chi connectivity index (χ1) is 9.83. The van der Waals surface area contributed by atoms with E-state index in [0.717, 1.165) is 57.2 Å². The molecule has 1 N–H and O–H groups in total. The Kier molecular flexibility index (Phi) is 6.21. The van der Waals surface area contributed by atoms with Crippen molar-refractivity contribution in [2.45, 2.75) is 33.2 Å². The van der Waals surface area contributed by atoms with Gasteiger partial charge in [-0.25, -0.2) is 9.97 Å². The van der Waals surface area contributed by atoms with Crippen LogP contribution in [0, 0.1) is 0 Å². The molecule has 2 rings (SSSR count). The maximum Gasteiger partial charge on any atom is 0.225 e. The Morgan fingerprint density at radius 1 is 1.05 bits per heavy atom. The fourth-order valence-electron chi connectivity index (χ4n) is 2.50. The van der Waals surface area contributed by atoms with Gasteiger partial charge in [0.15, 0.2) is 0 Å². The molecular weight excluding hydrogens is 250 g/mol. The minimum Gasteiger partial charge on any atom is -0.338 e. The van der Waals surface area contributed by atoms with Crippen LogP contribution in [0.3, 0.4) is 0 Å². The lowest BCUT2D eigenvalue weighted by molar-refractivity contribution is 0.257. The summed E-state index contributed by atoms with van der Waals surface area (Å²) in [4.78, 5) is 13.8. The topological polar surface area (TPSA) is 44.3 Å². The first-order valence-electron chi connectivity index (χ1n) is 7.82. The van der Waals surface area contributed by atoms with Crippen molar-refractivity contribution in [3.05, 3.63) is 18.0 Å². The number of nitrogens with zero attached hydrogens (tertiary/aromatic N) is 4. The van der Waals surface area contributed by atoms with Gasteiger partial charge in [0.1, 0.15) is 0 Å². The molecule has 0 bridgehead atoms. The van der Waals surface area contributed by atoms with Crippen LogP contribution in [0.5, 0.6) is 0 Å². The molecular formula is C15H27N5. The molecule has 1 aromatic heterocycles. The van der Waals surface area contributed by atoms with E-state index >= 15 is 0 Å². The smallest absolute Gasteiger partial charge is 0.225 e. The summed E-state index contributed by atoms with van der Waals surface area (Å²) in [5, 5.41) is 3.37. The summed E-state index contributed by atoms with van der Waals surface area (Å²) in [7, 11) is 0. The zero-order chi connectivity index (χ0) is 14.2. The molecule has 0 spiro atoms. The van der Waals surface area contributed by atoms with Crippen molar-refractivity contribution >= 4 is 5.95 Å². The number of aromatic nitrogens is 2. The van der Waals surface area contributed by atoms with E-state index in [4.69, 9.17) is 0 Å². The van der Waals surface area contributed by atoms with Crippen LogP contribution in [0.25, 0.3) is 0 Å². The molecule has 5 heteroatoms. The van der Waals surface area contributed by atoms with Crippen molar-refractivity contribution in [3.8, 4) is 0 Å². The lowest BCUT2D eigenvalue weighted by Crippen LogP contribution is -2.47. The highest BCUT2D eigenvalue weighted by atomic mass is 15.3. The number of hydrogen-bond donors (Lipinski definition) is 1. The lowest BCUT2D eigenvalue weighted by atomic mass is 10.3. The maximum absolute atomic E-state index is 4.51. The van der Waals surface area contributed by atoms with Crippen molar-refractivity contribution < 1.29 is 0 Å². The predicted octanol–water partition coefficient (Wildman–Crippen LogP) is 1.51. The summed E-state index contributed by atoms with van der Waals surface area (Å²) in [6.45, 7) is 11.8. The second-order valence-electron chi connectivity index (χ2n) is 5.40. The van der Waals surface area contributed by atoms with Gasteiger partial charge in [-0.05, 0) is 25.9 Å². The van der Waals surface area contributed by atoms with Gasteiger partial charge in [-0.1, -0.05) is 13.8 Å². The summed E-state index contributed by atoms with van der Waals surface area (Å²) >= 11 is 0. The number of rotatable bonds is 7. The van der Waals surface area contributed by atoms with E-state index in [1.165, 1.54) is 13.0 Å². The van der Waals surface area contributed by atoms with Crippen LogP contribution in [0.15, 0.2) is 12.4 Å². The zero-order valence-electron chi connectivity index (χ0n) is 12.8. The molecule has 0 atom stereocenters. The summed E-state index contributed by atoms with van der Waals surface area (Å²) in [6, 6.07) is 0. The summed E-state index contributed by atoms with van der Waals surface area (Å²) in [5.41, 5.74) is 1.16. The Morgan fingerprint density at radius 2 is 1.75 bits per heavy atom. The van der Waals surface area contributed by atoms with E-state index in [2.05, 4.69) is 38.9 Å². The van der Waals surface area contributed by atoms with Gasteiger partial charge in [0, 0.05) is 50.7 Å². The number of anilines is 1. The molecule has 1 aliphatic rings. The van der Waals surface area contributed by atoms with Gasteiger partial charge >= 0.3 is 0 Å². The highest BCUT2D eigenvalue weighted by Gasteiger charge is 2.17. The number of hydrogen-bond acceptors (Lipinski definition) is 5. The molecule has 2 heterocycles. The first kappa shape index (κ1) is 15.2. The van der Waals surface area contributed by atoms with Gasteiger partial charge in [-0.15, -0.1) is 0 Å². The summed E-state index contributed by atoms with van der Waals surface area (Å²) in [5.74, 6) is 0.875. The van der Waals surface area contributed by atoms with E-state index in [0.29, 0.717) is 0 Å². The van der Waals surface area contributed by atoms with E-state index in [1.807, 2.05) is 12.4 Å². The van der Waals surface area contributed by atoms with Gasteiger partial charge in [0.25, 0.3) is 0 Å². The third-order valence-corrected chi connectivity index (χ3v) is 3.64. The SMILES string of the molecule is CCCNCc1cnc(N2CCN(CCC)CC2)nc1. The van der Waals surface area contributed by atoms with Gasteiger partial charge in [-0.3, -0.25) is 4.90 Å². The van der Waals surface area contributed by atoms with Crippen LogP contribution in [-0.2, 0) is 6.54 Å². The normalized spacial score (nSPS) is 16.6. The van der Waals surface area contributed by atoms with Gasteiger partial charge < -0.3 is 10.2 Å². The van der Waals surface area contributed by atoms with E-state index in [1.54, 1.807) is 0 Å². The van der Waals surface area contributed by atoms with E-state index in [-0.39, 0.29) is 0 Å². The fourth-order valence-corrected chi connectivity index (χ4v) is 2.50. The second-order valence-corrected chi connectivity index (χ2v) is 5.40. The van der Waals surface area contributed by atoms with Crippen LogP contribution >= 0.6 is 0 Å². The molecule has 0 aromatic carbocycles. The van der Waals surface area contributed by atoms with Gasteiger partial charge in [0.05, 0.1) is 0 Å². The van der Waals surface area contributed by atoms with Crippen LogP contribution < -0.4 is 10.2 Å².